The SMILES string of the molecule is C[C@@H]1CCC[C@H]1n1c(CO)nc2cnc(Nc3ccnc(-c4cnn(S(=O)(=O)C5CC5)c4)n3)cc21. The van der Waals surface area contributed by atoms with Crippen LogP contribution in [-0.2, 0) is 16.6 Å². The minimum absolute atomic E-state index is 0.125. The van der Waals surface area contributed by atoms with Crippen molar-refractivity contribution in [3.8, 4) is 11.4 Å². The number of aliphatic hydroxyl groups excluding tert-OH is 1. The molecule has 2 N–H and O–H groups in total. The van der Waals surface area contributed by atoms with Crippen LogP contribution < -0.4 is 5.32 Å². The minimum Gasteiger partial charge on any atom is -0.388 e. The number of aromatic nitrogens is 7. The van der Waals surface area contributed by atoms with E-state index in [4.69, 9.17) is 0 Å². The molecule has 4 heterocycles. The molecule has 11 nitrogen and oxygen atoms in total. The first kappa shape index (κ1) is 22.1. The smallest absolute Gasteiger partial charge is 0.256 e. The van der Waals surface area contributed by atoms with Gasteiger partial charge in [0.2, 0.25) is 0 Å². The van der Waals surface area contributed by atoms with E-state index in [-0.39, 0.29) is 11.9 Å². The van der Waals surface area contributed by atoms with Crippen molar-refractivity contribution in [3.63, 3.8) is 0 Å². The van der Waals surface area contributed by atoms with Crippen LogP contribution in [0, 0.1) is 5.92 Å². The number of imidazole rings is 1. The van der Waals surface area contributed by atoms with Gasteiger partial charge in [-0.1, -0.05) is 13.3 Å². The van der Waals surface area contributed by atoms with Crippen molar-refractivity contribution < 1.29 is 13.5 Å². The predicted molar refractivity (Wildman–Crippen MR) is 129 cm³/mol. The molecule has 0 unspecified atom stereocenters. The second-order valence-electron chi connectivity index (χ2n) is 9.33. The molecule has 2 saturated carbocycles. The fourth-order valence-electron chi connectivity index (χ4n) is 4.88. The molecule has 2 aliphatic carbocycles. The molecule has 6 rings (SSSR count). The van der Waals surface area contributed by atoms with Crippen LogP contribution in [0.1, 0.15) is 50.9 Å². The maximum Gasteiger partial charge on any atom is 0.256 e. The van der Waals surface area contributed by atoms with Crippen LogP contribution in [-0.4, -0.2) is 52.5 Å². The third-order valence-electron chi connectivity index (χ3n) is 6.87. The quantitative estimate of drug-likeness (QED) is 0.396. The van der Waals surface area contributed by atoms with Gasteiger partial charge < -0.3 is 15.0 Å². The summed E-state index contributed by atoms with van der Waals surface area (Å²) in [5.74, 6) is 2.63. The molecule has 2 fully saturated rings. The normalized spacial score (nSPS) is 20.5. The molecule has 182 valence electrons. The highest BCUT2D eigenvalue weighted by Crippen LogP contribution is 2.38. The van der Waals surface area contributed by atoms with Crippen LogP contribution in [0.4, 0.5) is 11.6 Å². The van der Waals surface area contributed by atoms with Crippen molar-refractivity contribution in [3.05, 3.63) is 42.7 Å². The number of rotatable bonds is 7. The van der Waals surface area contributed by atoms with Crippen LogP contribution in [0.5, 0.6) is 0 Å². The second-order valence-corrected chi connectivity index (χ2v) is 11.4. The number of fused-ring (bicyclic) bond motifs is 1. The van der Waals surface area contributed by atoms with E-state index in [1.165, 1.54) is 12.4 Å². The van der Waals surface area contributed by atoms with Crippen LogP contribution in [0.25, 0.3) is 22.4 Å². The number of anilines is 2. The zero-order chi connectivity index (χ0) is 24.2. The Morgan fingerprint density at radius 3 is 2.71 bits per heavy atom. The van der Waals surface area contributed by atoms with Crippen LogP contribution >= 0.6 is 0 Å². The van der Waals surface area contributed by atoms with Gasteiger partial charge in [0.15, 0.2) is 5.82 Å². The highest BCUT2D eigenvalue weighted by atomic mass is 32.2. The zero-order valence-corrected chi connectivity index (χ0v) is 20.1. The number of hydrogen-bond acceptors (Lipinski definition) is 9. The van der Waals surface area contributed by atoms with Gasteiger partial charge in [-0.15, -0.1) is 0 Å². The molecule has 0 saturated heterocycles. The number of nitrogens with one attached hydrogen (secondary N) is 1. The fraction of sp³-hybridized carbons (Fsp3) is 0.435. The first-order valence-electron chi connectivity index (χ1n) is 11.8. The number of hydrogen-bond donors (Lipinski definition) is 2. The molecule has 2 aliphatic rings. The van der Waals surface area contributed by atoms with Crippen molar-refractivity contribution in [2.45, 2.75) is 56.9 Å². The van der Waals surface area contributed by atoms with Crippen molar-refractivity contribution >= 4 is 32.7 Å². The Labute approximate surface area is 202 Å². The van der Waals surface area contributed by atoms with Crippen LogP contribution in [0.15, 0.2) is 36.9 Å². The molecule has 0 spiro atoms. The summed E-state index contributed by atoms with van der Waals surface area (Å²) in [5, 5.41) is 16.8. The number of aliphatic hydroxyl groups is 1. The Morgan fingerprint density at radius 2 is 1.97 bits per heavy atom. The topological polar surface area (TPSA) is 141 Å². The predicted octanol–water partition coefficient (Wildman–Crippen LogP) is 3.02. The van der Waals surface area contributed by atoms with Gasteiger partial charge in [0.05, 0.1) is 34.9 Å². The Morgan fingerprint density at radius 1 is 1.11 bits per heavy atom. The average Bonchev–Trinajstić information content (AvgIpc) is 3.29. The molecule has 2 atom stereocenters. The molecular formula is C23H26N8O3S. The van der Waals surface area contributed by atoms with Crippen molar-refractivity contribution in [2.24, 2.45) is 5.92 Å². The maximum absolute atomic E-state index is 12.4. The molecule has 0 aromatic carbocycles. The van der Waals surface area contributed by atoms with Crippen molar-refractivity contribution in [2.75, 3.05) is 5.32 Å². The van der Waals surface area contributed by atoms with E-state index in [0.29, 0.717) is 53.6 Å². The molecule has 0 bridgehead atoms. The first-order chi connectivity index (χ1) is 16.9. The van der Waals surface area contributed by atoms with Gasteiger partial charge in [-0.25, -0.2) is 28.4 Å². The summed E-state index contributed by atoms with van der Waals surface area (Å²) >= 11 is 0. The van der Waals surface area contributed by atoms with Crippen molar-refractivity contribution in [1.29, 1.82) is 0 Å². The molecular weight excluding hydrogens is 468 g/mol. The second kappa shape index (κ2) is 8.38. The summed E-state index contributed by atoms with van der Waals surface area (Å²) in [5.41, 5.74) is 2.18. The summed E-state index contributed by atoms with van der Waals surface area (Å²) in [6.45, 7) is 2.12. The Hall–Kier alpha value is -3.38. The summed E-state index contributed by atoms with van der Waals surface area (Å²) in [4.78, 5) is 17.9. The summed E-state index contributed by atoms with van der Waals surface area (Å²) in [6, 6.07) is 3.94. The van der Waals surface area contributed by atoms with Gasteiger partial charge in [-0.2, -0.15) is 9.19 Å². The highest BCUT2D eigenvalue weighted by molar-refractivity contribution is 7.90. The Balaban J connectivity index is 1.30. The van der Waals surface area contributed by atoms with Gasteiger partial charge in [0.1, 0.15) is 29.6 Å². The van der Waals surface area contributed by atoms with Gasteiger partial charge >= 0.3 is 0 Å². The van der Waals surface area contributed by atoms with Gasteiger partial charge in [0, 0.05) is 18.3 Å². The number of nitrogens with zero attached hydrogens (tertiary/aromatic N) is 7. The number of pyridine rings is 1. The fourth-order valence-corrected chi connectivity index (χ4v) is 6.36. The molecule has 4 aromatic rings. The van der Waals surface area contributed by atoms with Gasteiger partial charge in [0.25, 0.3) is 10.0 Å². The standard InChI is InChI=1S/C23H26N8O3S/c1-14-3-2-4-18(14)31-19-9-21(25-11-17(19)27-22(31)13-32)28-20-7-8-24-23(29-20)15-10-26-30(12-15)35(33,34)16-5-6-16/h7-12,14,16,18,32H,2-6,13H2,1H3,(H,24,25,28,29)/t14-,18-/m1/s1. The molecule has 0 aliphatic heterocycles. The van der Waals surface area contributed by atoms with Gasteiger partial charge in [-0.05, 0) is 37.7 Å². The third kappa shape index (κ3) is 3.96. The summed E-state index contributed by atoms with van der Waals surface area (Å²) in [7, 11) is -3.45. The molecule has 12 heteroatoms. The summed E-state index contributed by atoms with van der Waals surface area (Å²) in [6.07, 6.45) is 10.9. The average molecular weight is 495 g/mol. The van der Waals surface area contributed by atoms with Crippen molar-refractivity contribution in [1.82, 2.24) is 33.7 Å². The minimum atomic E-state index is -3.45. The monoisotopic (exact) mass is 494 g/mol. The molecule has 0 amide bonds. The largest absolute Gasteiger partial charge is 0.388 e. The lowest BCUT2D eigenvalue weighted by atomic mass is 10.1. The van der Waals surface area contributed by atoms with Crippen LogP contribution in [0.2, 0.25) is 0 Å². The van der Waals surface area contributed by atoms with E-state index in [9.17, 15) is 13.5 Å². The first-order valence-corrected chi connectivity index (χ1v) is 13.3. The van der Waals surface area contributed by atoms with E-state index >= 15 is 0 Å². The lowest BCUT2D eigenvalue weighted by Crippen LogP contribution is -2.17. The lowest BCUT2D eigenvalue weighted by Gasteiger charge is -2.20. The summed E-state index contributed by atoms with van der Waals surface area (Å²) < 4.78 is 28.0. The Bertz CT molecular complexity index is 1510. The van der Waals surface area contributed by atoms with E-state index in [1.54, 1.807) is 18.5 Å². The lowest BCUT2D eigenvalue weighted by molar-refractivity contribution is 0.256. The van der Waals surface area contributed by atoms with Crippen LogP contribution in [0.3, 0.4) is 0 Å². The highest BCUT2D eigenvalue weighted by Gasteiger charge is 2.37. The molecule has 0 radical (unpaired) electrons. The molecule has 4 aromatic heterocycles. The zero-order valence-electron chi connectivity index (χ0n) is 19.2. The van der Waals surface area contributed by atoms with E-state index < -0.39 is 10.0 Å². The van der Waals surface area contributed by atoms with E-state index in [2.05, 4.69) is 41.8 Å². The van der Waals surface area contributed by atoms with E-state index in [1.807, 2.05) is 6.07 Å². The maximum atomic E-state index is 12.4. The molecule has 35 heavy (non-hydrogen) atoms. The Kier molecular flexibility index (Phi) is 5.29. The third-order valence-corrected chi connectivity index (χ3v) is 8.91. The van der Waals surface area contributed by atoms with E-state index in [0.717, 1.165) is 34.4 Å². The van der Waals surface area contributed by atoms with Gasteiger partial charge in [-0.3, -0.25) is 0 Å².